The fourth-order valence-corrected chi connectivity index (χ4v) is 4.63. The average molecular weight is 437 g/mol. The highest BCUT2D eigenvalue weighted by Gasteiger charge is 2.43. The predicted octanol–water partition coefficient (Wildman–Crippen LogP) is 3.67. The number of nitrogens with one attached hydrogen (secondary N) is 2. The minimum absolute atomic E-state index is 0.0216. The molecule has 7 nitrogen and oxygen atoms in total. The molecule has 1 atom stereocenters. The number of alkyl carbamates (subject to hydrolysis) is 1. The van der Waals surface area contributed by atoms with Gasteiger partial charge in [0.1, 0.15) is 6.61 Å². The quantitative estimate of drug-likeness (QED) is 0.556. The molecular formula is C25H28N2O5. The van der Waals surface area contributed by atoms with E-state index in [9.17, 15) is 14.4 Å². The van der Waals surface area contributed by atoms with Crippen LogP contribution in [0.25, 0.3) is 11.1 Å². The molecule has 2 aromatic rings. The maximum Gasteiger partial charge on any atom is 0.407 e. The van der Waals surface area contributed by atoms with E-state index in [0.717, 1.165) is 35.1 Å². The second-order valence-corrected chi connectivity index (χ2v) is 8.81. The summed E-state index contributed by atoms with van der Waals surface area (Å²) in [6.45, 7) is 2.11. The first-order valence-corrected chi connectivity index (χ1v) is 11.0. The first kappa shape index (κ1) is 21.9. The fourth-order valence-electron chi connectivity index (χ4n) is 4.63. The van der Waals surface area contributed by atoms with Gasteiger partial charge in [-0.15, -0.1) is 0 Å². The van der Waals surface area contributed by atoms with Crippen molar-refractivity contribution in [1.82, 2.24) is 10.6 Å². The number of hydrogen-bond donors (Lipinski definition) is 3. The lowest BCUT2D eigenvalue weighted by atomic mass is 9.91. The molecule has 1 unspecified atom stereocenters. The van der Waals surface area contributed by atoms with E-state index < -0.39 is 17.6 Å². The summed E-state index contributed by atoms with van der Waals surface area (Å²) >= 11 is 0. The van der Waals surface area contributed by atoms with Crippen LogP contribution in [-0.4, -0.2) is 41.8 Å². The summed E-state index contributed by atoms with van der Waals surface area (Å²) in [5, 5.41) is 14.6. The summed E-state index contributed by atoms with van der Waals surface area (Å²) in [4.78, 5) is 35.7. The van der Waals surface area contributed by atoms with Crippen molar-refractivity contribution < 1.29 is 24.2 Å². The molecule has 7 heteroatoms. The number of ether oxygens (including phenoxy) is 1. The number of rotatable bonds is 9. The highest BCUT2D eigenvalue weighted by molar-refractivity contribution is 5.80. The summed E-state index contributed by atoms with van der Waals surface area (Å²) < 4.78 is 5.46. The third kappa shape index (κ3) is 4.77. The molecule has 0 bridgehead atoms. The van der Waals surface area contributed by atoms with Gasteiger partial charge in [0.2, 0.25) is 5.91 Å². The lowest BCUT2D eigenvalue weighted by Gasteiger charge is -2.29. The Balaban J connectivity index is 1.25. The molecule has 0 radical (unpaired) electrons. The smallest absolute Gasteiger partial charge is 0.407 e. The zero-order valence-electron chi connectivity index (χ0n) is 18.1. The van der Waals surface area contributed by atoms with Gasteiger partial charge in [-0.25, -0.2) is 4.79 Å². The highest BCUT2D eigenvalue weighted by atomic mass is 16.5. The van der Waals surface area contributed by atoms with Gasteiger partial charge in [-0.3, -0.25) is 9.59 Å². The lowest BCUT2D eigenvalue weighted by molar-refractivity contribution is -0.139. The van der Waals surface area contributed by atoms with Crippen molar-refractivity contribution in [2.45, 2.75) is 44.1 Å². The Bertz CT molecular complexity index is 987. The highest BCUT2D eigenvalue weighted by Crippen LogP contribution is 2.44. The minimum atomic E-state index is -0.934. The van der Waals surface area contributed by atoms with E-state index in [1.807, 2.05) is 24.3 Å². The van der Waals surface area contributed by atoms with Crippen LogP contribution in [0.15, 0.2) is 48.5 Å². The topological polar surface area (TPSA) is 105 Å². The summed E-state index contributed by atoms with van der Waals surface area (Å²) in [5.74, 6) is -1.04. The third-order valence-corrected chi connectivity index (χ3v) is 6.39. The fraction of sp³-hybridized carbons (Fsp3) is 0.400. The van der Waals surface area contributed by atoms with Crippen LogP contribution >= 0.6 is 0 Å². The van der Waals surface area contributed by atoms with Gasteiger partial charge in [-0.05, 0) is 47.9 Å². The molecule has 1 saturated carbocycles. The molecule has 0 aliphatic heterocycles. The van der Waals surface area contributed by atoms with Crippen molar-refractivity contribution in [3.63, 3.8) is 0 Å². The molecular weight excluding hydrogens is 408 g/mol. The molecule has 0 spiro atoms. The van der Waals surface area contributed by atoms with Crippen LogP contribution in [-0.2, 0) is 14.3 Å². The van der Waals surface area contributed by atoms with E-state index in [1.54, 1.807) is 6.92 Å². The van der Waals surface area contributed by atoms with Crippen molar-refractivity contribution in [2.75, 3.05) is 13.2 Å². The number of carboxylic acid groups (broad SMARTS) is 1. The zero-order chi connectivity index (χ0) is 22.7. The van der Waals surface area contributed by atoms with E-state index >= 15 is 0 Å². The van der Waals surface area contributed by atoms with E-state index in [4.69, 9.17) is 9.84 Å². The van der Waals surface area contributed by atoms with E-state index in [-0.39, 0.29) is 43.7 Å². The SMILES string of the molecule is CC(CC(=O)O)(NC(=O)CCNC(=O)OCC1c2ccccc2-c2ccccc21)C1CC1. The molecule has 2 aliphatic carbocycles. The van der Waals surface area contributed by atoms with Crippen molar-refractivity contribution in [2.24, 2.45) is 5.92 Å². The summed E-state index contributed by atoms with van der Waals surface area (Å²) in [7, 11) is 0. The molecule has 3 N–H and O–H groups in total. The molecule has 2 aromatic carbocycles. The van der Waals surface area contributed by atoms with Crippen LogP contribution in [0.3, 0.4) is 0 Å². The number of aliphatic carboxylic acids is 1. The Morgan fingerprint density at radius 1 is 1.03 bits per heavy atom. The number of carbonyl (C=O) groups is 3. The Morgan fingerprint density at radius 3 is 2.19 bits per heavy atom. The largest absolute Gasteiger partial charge is 0.481 e. The molecule has 2 aliphatic rings. The van der Waals surface area contributed by atoms with E-state index in [0.29, 0.717) is 0 Å². The Kier molecular flexibility index (Phi) is 6.17. The third-order valence-electron chi connectivity index (χ3n) is 6.39. The van der Waals surface area contributed by atoms with Crippen LogP contribution in [0.5, 0.6) is 0 Å². The number of amides is 2. The van der Waals surface area contributed by atoms with Crippen LogP contribution in [0, 0.1) is 5.92 Å². The average Bonchev–Trinajstić information content (AvgIpc) is 3.56. The Morgan fingerprint density at radius 2 is 1.62 bits per heavy atom. The van der Waals surface area contributed by atoms with Gasteiger partial charge >= 0.3 is 12.1 Å². The van der Waals surface area contributed by atoms with Crippen LogP contribution in [0.4, 0.5) is 4.79 Å². The zero-order valence-corrected chi connectivity index (χ0v) is 18.1. The molecule has 1 fully saturated rings. The number of fused-ring (bicyclic) bond motifs is 3. The standard InChI is InChI=1S/C25H28N2O5/c1-25(14-23(29)30,16-10-11-16)27-22(28)12-13-26-24(31)32-15-21-19-8-4-2-6-17(19)18-7-3-5-9-20(18)21/h2-9,16,21H,10-15H2,1H3,(H,26,31)(H,27,28)(H,29,30). The maximum atomic E-state index is 12.3. The van der Waals surface area contributed by atoms with Crippen molar-refractivity contribution in [3.8, 4) is 11.1 Å². The summed E-state index contributed by atoms with van der Waals surface area (Å²) in [6.07, 6.45) is 1.22. The predicted molar refractivity (Wildman–Crippen MR) is 119 cm³/mol. The maximum absolute atomic E-state index is 12.3. The van der Waals surface area contributed by atoms with Crippen molar-refractivity contribution >= 4 is 18.0 Å². The van der Waals surface area contributed by atoms with Gasteiger partial charge in [0.15, 0.2) is 0 Å². The number of benzene rings is 2. The number of carboxylic acids is 1. The first-order chi connectivity index (χ1) is 15.4. The monoisotopic (exact) mass is 436 g/mol. The van der Waals surface area contributed by atoms with Crippen LogP contribution in [0.1, 0.15) is 49.7 Å². The Labute approximate surface area is 187 Å². The normalized spacial score (nSPS) is 16.4. The molecule has 2 amide bonds. The van der Waals surface area contributed by atoms with Crippen LogP contribution < -0.4 is 10.6 Å². The van der Waals surface area contributed by atoms with Crippen molar-refractivity contribution in [1.29, 1.82) is 0 Å². The van der Waals surface area contributed by atoms with Gasteiger partial charge in [0, 0.05) is 18.9 Å². The first-order valence-electron chi connectivity index (χ1n) is 11.0. The second-order valence-electron chi connectivity index (χ2n) is 8.81. The molecule has 0 saturated heterocycles. The molecule has 4 rings (SSSR count). The molecule has 0 heterocycles. The number of hydrogen-bond acceptors (Lipinski definition) is 4. The molecule has 32 heavy (non-hydrogen) atoms. The Hall–Kier alpha value is -3.35. The summed E-state index contributed by atoms with van der Waals surface area (Å²) in [5.41, 5.74) is 3.85. The second kappa shape index (κ2) is 9.02. The number of carbonyl (C=O) groups excluding carboxylic acids is 2. The van der Waals surface area contributed by atoms with Gasteiger partial charge in [0.25, 0.3) is 0 Å². The molecule has 168 valence electrons. The minimum Gasteiger partial charge on any atom is -0.481 e. The van der Waals surface area contributed by atoms with Gasteiger partial charge in [-0.1, -0.05) is 48.5 Å². The van der Waals surface area contributed by atoms with Gasteiger partial charge in [-0.2, -0.15) is 0 Å². The van der Waals surface area contributed by atoms with E-state index in [2.05, 4.69) is 34.9 Å². The summed E-state index contributed by atoms with van der Waals surface area (Å²) in [6, 6.07) is 16.2. The molecule has 0 aromatic heterocycles. The van der Waals surface area contributed by atoms with Gasteiger partial charge in [0.05, 0.1) is 12.0 Å². The van der Waals surface area contributed by atoms with Crippen LogP contribution in [0.2, 0.25) is 0 Å². The van der Waals surface area contributed by atoms with Crippen molar-refractivity contribution in [3.05, 3.63) is 59.7 Å². The van der Waals surface area contributed by atoms with E-state index in [1.165, 1.54) is 0 Å². The lowest BCUT2D eigenvalue weighted by Crippen LogP contribution is -2.49. The van der Waals surface area contributed by atoms with Gasteiger partial charge < -0.3 is 20.5 Å².